The van der Waals surface area contributed by atoms with Crippen molar-refractivity contribution in [1.82, 2.24) is 5.32 Å². The van der Waals surface area contributed by atoms with Gasteiger partial charge in [0.05, 0.1) is 12.7 Å². The molecule has 1 amide bonds. The van der Waals surface area contributed by atoms with E-state index in [0.29, 0.717) is 12.8 Å². The summed E-state index contributed by atoms with van der Waals surface area (Å²) in [5, 5.41) is 12.8. The Bertz CT molecular complexity index is 447. The van der Waals surface area contributed by atoms with Crippen LogP contribution in [0.15, 0.2) is 30.3 Å². The first-order valence-electron chi connectivity index (χ1n) is 6.85. The monoisotopic (exact) mass is 277 g/mol. The molecule has 0 aromatic heterocycles. The van der Waals surface area contributed by atoms with Gasteiger partial charge >= 0.3 is 0 Å². The average molecular weight is 277 g/mol. The summed E-state index contributed by atoms with van der Waals surface area (Å²) in [4.78, 5) is 11.7. The van der Waals surface area contributed by atoms with Gasteiger partial charge in [0.2, 0.25) is 5.91 Å². The first-order valence-corrected chi connectivity index (χ1v) is 6.85. The first-order chi connectivity index (χ1) is 9.53. The van der Waals surface area contributed by atoms with Gasteiger partial charge in [0.15, 0.2) is 0 Å². The standard InChI is InChI=1S/C16H23NO3/c1-4-16(19,5-2)12-17-15(18)11-8-13-6-9-14(20-3)10-7-13/h6-11,19H,4-5,12H2,1-3H3,(H,17,18). The van der Waals surface area contributed by atoms with E-state index < -0.39 is 5.60 Å². The maximum Gasteiger partial charge on any atom is 0.244 e. The van der Waals surface area contributed by atoms with Gasteiger partial charge in [0, 0.05) is 12.6 Å². The van der Waals surface area contributed by atoms with Gasteiger partial charge in [-0.2, -0.15) is 0 Å². The molecule has 2 N–H and O–H groups in total. The quantitative estimate of drug-likeness (QED) is 0.752. The molecule has 0 spiro atoms. The molecule has 0 aliphatic carbocycles. The van der Waals surface area contributed by atoms with E-state index in [1.807, 2.05) is 38.1 Å². The summed E-state index contributed by atoms with van der Waals surface area (Å²) < 4.78 is 5.06. The number of rotatable bonds is 7. The van der Waals surface area contributed by atoms with Crippen LogP contribution in [-0.2, 0) is 4.79 Å². The van der Waals surface area contributed by atoms with Gasteiger partial charge in [-0.1, -0.05) is 26.0 Å². The summed E-state index contributed by atoms with van der Waals surface area (Å²) in [6.07, 6.45) is 4.43. The van der Waals surface area contributed by atoms with E-state index in [1.54, 1.807) is 13.2 Å². The molecule has 0 unspecified atom stereocenters. The fraction of sp³-hybridized carbons (Fsp3) is 0.438. The Morgan fingerprint density at radius 2 is 1.90 bits per heavy atom. The summed E-state index contributed by atoms with van der Waals surface area (Å²) in [6.45, 7) is 4.08. The number of benzene rings is 1. The second-order valence-corrected chi connectivity index (χ2v) is 4.76. The van der Waals surface area contributed by atoms with Gasteiger partial charge in [-0.05, 0) is 36.6 Å². The number of aliphatic hydroxyl groups is 1. The number of hydrogen-bond donors (Lipinski definition) is 2. The second-order valence-electron chi connectivity index (χ2n) is 4.76. The van der Waals surface area contributed by atoms with Crippen LogP contribution in [0.4, 0.5) is 0 Å². The van der Waals surface area contributed by atoms with Crippen LogP contribution in [-0.4, -0.2) is 30.3 Å². The molecular formula is C16H23NO3. The molecule has 0 heterocycles. The van der Waals surface area contributed by atoms with Gasteiger partial charge in [-0.3, -0.25) is 4.79 Å². The third kappa shape index (κ3) is 5.05. The highest BCUT2D eigenvalue weighted by Gasteiger charge is 2.22. The molecule has 0 aliphatic heterocycles. The highest BCUT2D eigenvalue weighted by atomic mass is 16.5. The largest absolute Gasteiger partial charge is 0.497 e. The van der Waals surface area contributed by atoms with E-state index in [9.17, 15) is 9.90 Å². The molecule has 1 aromatic rings. The molecule has 0 radical (unpaired) electrons. The molecule has 0 fully saturated rings. The van der Waals surface area contributed by atoms with Crippen LogP contribution < -0.4 is 10.1 Å². The minimum absolute atomic E-state index is 0.207. The Balaban J connectivity index is 2.50. The molecule has 0 bridgehead atoms. The van der Waals surface area contributed by atoms with Crippen molar-refractivity contribution >= 4 is 12.0 Å². The van der Waals surface area contributed by atoms with Gasteiger partial charge in [0.25, 0.3) is 0 Å². The number of nitrogens with one attached hydrogen (secondary N) is 1. The average Bonchev–Trinajstić information content (AvgIpc) is 2.51. The van der Waals surface area contributed by atoms with Crippen molar-refractivity contribution in [3.05, 3.63) is 35.9 Å². The molecule has 4 nitrogen and oxygen atoms in total. The van der Waals surface area contributed by atoms with Crippen LogP contribution in [0.25, 0.3) is 6.08 Å². The maximum atomic E-state index is 11.7. The van der Waals surface area contributed by atoms with Gasteiger partial charge < -0.3 is 15.2 Å². The van der Waals surface area contributed by atoms with Crippen molar-refractivity contribution in [2.45, 2.75) is 32.3 Å². The molecule has 0 aliphatic rings. The zero-order chi connectivity index (χ0) is 15.0. The summed E-state index contributed by atoms with van der Waals surface area (Å²) in [6, 6.07) is 7.42. The van der Waals surface area contributed by atoms with Crippen LogP contribution in [0.5, 0.6) is 5.75 Å². The fourth-order valence-corrected chi connectivity index (χ4v) is 1.70. The van der Waals surface area contributed by atoms with Crippen LogP contribution in [0.3, 0.4) is 0 Å². The van der Waals surface area contributed by atoms with Crippen LogP contribution in [0, 0.1) is 0 Å². The van der Waals surface area contributed by atoms with E-state index in [0.717, 1.165) is 11.3 Å². The predicted octanol–water partition coefficient (Wildman–Crippen LogP) is 2.38. The third-order valence-electron chi connectivity index (χ3n) is 3.45. The van der Waals surface area contributed by atoms with E-state index in [-0.39, 0.29) is 12.5 Å². The molecule has 4 heteroatoms. The number of carbonyl (C=O) groups is 1. The van der Waals surface area contributed by atoms with E-state index in [2.05, 4.69) is 5.32 Å². The smallest absolute Gasteiger partial charge is 0.244 e. The lowest BCUT2D eigenvalue weighted by Gasteiger charge is -2.24. The van der Waals surface area contributed by atoms with Crippen molar-refractivity contribution in [3.8, 4) is 5.75 Å². The normalized spacial score (nSPS) is 11.6. The Kier molecular flexibility index (Phi) is 6.25. The minimum atomic E-state index is -0.816. The number of hydrogen-bond acceptors (Lipinski definition) is 3. The highest BCUT2D eigenvalue weighted by molar-refractivity contribution is 5.91. The first kappa shape index (κ1) is 16.2. The van der Waals surface area contributed by atoms with Crippen molar-refractivity contribution < 1.29 is 14.6 Å². The lowest BCUT2D eigenvalue weighted by Crippen LogP contribution is -2.41. The van der Waals surface area contributed by atoms with Gasteiger partial charge in [0.1, 0.15) is 5.75 Å². The van der Waals surface area contributed by atoms with Crippen LogP contribution in [0.2, 0.25) is 0 Å². The van der Waals surface area contributed by atoms with Crippen molar-refractivity contribution in [2.75, 3.05) is 13.7 Å². The summed E-state index contributed by atoms with van der Waals surface area (Å²) >= 11 is 0. The SMILES string of the molecule is CCC(O)(CC)CNC(=O)C=Cc1ccc(OC)cc1. The van der Waals surface area contributed by atoms with Gasteiger partial charge in [-0.15, -0.1) is 0 Å². The lowest BCUT2D eigenvalue weighted by molar-refractivity contribution is -0.117. The molecular weight excluding hydrogens is 254 g/mol. The fourth-order valence-electron chi connectivity index (χ4n) is 1.70. The molecule has 0 saturated heterocycles. The Labute approximate surface area is 120 Å². The molecule has 1 rings (SSSR count). The molecule has 20 heavy (non-hydrogen) atoms. The number of ether oxygens (including phenoxy) is 1. The molecule has 110 valence electrons. The lowest BCUT2D eigenvalue weighted by atomic mass is 9.98. The Morgan fingerprint density at radius 3 is 2.40 bits per heavy atom. The predicted molar refractivity (Wildman–Crippen MR) is 80.6 cm³/mol. The van der Waals surface area contributed by atoms with E-state index >= 15 is 0 Å². The zero-order valence-corrected chi connectivity index (χ0v) is 12.3. The van der Waals surface area contributed by atoms with Crippen molar-refractivity contribution in [3.63, 3.8) is 0 Å². The summed E-state index contributed by atoms with van der Waals surface area (Å²) in [7, 11) is 1.61. The Morgan fingerprint density at radius 1 is 1.30 bits per heavy atom. The molecule has 0 saturated carbocycles. The maximum absolute atomic E-state index is 11.7. The minimum Gasteiger partial charge on any atom is -0.497 e. The third-order valence-corrected chi connectivity index (χ3v) is 3.45. The Hall–Kier alpha value is -1.81. The van der Waals surface area contributed by atoms with Crippen molar-refractivity contribution in [2.24, 2.45) is 0 Å². The number of amides is 1. The van der Waals surface area contributed by atoms with E-state index in [4.69, 9.17) is 4.74 Å². The number of carbonyl (C=O) groups excluding carboxylic acids is 1. The molecule has 1 aromatic carbocycles. The highest BCUT2D eigenvalue weighted by Crippen LogP contribution is 2.13. The number of methoxy groups -OCH3 is 1. The summed E-state index contributed by atoms with van der Waals surface area (Å²) in [5.41, 5.74) is 0.103. The zero-order valence-electron chi connectivity index (χ0n) is 12.3. The van der Waals surface area contributed by atoms with Crippen molar-refractivity contribution in [1.29, 1.82) is 0 Å². The topological polar surface area (TPSA) is 58.6 Å². The van der Waals surface area contributed by atoms with E-state index in [1.165, 1.54) is 6.08 Å². The molecule has 0 atom stereocenters. The summed E-state index contributed by atoms with van der Waals surface area (Å²) in [5.74, 6) is 0.573. The van der Waals surface area contributed by atoms with Crippen LogP contribution >= 0.6 is 0 Å². The second kappa shape index (κ2) is 7.70. The van der Waals surface area contributed by atoms with Crippen LogP contribution in [0.1, 0.15) is 32.3 Å². The van der Waals surface area contributed by atoms with Gasteiger partial charge in [-0.25, -0.2) is 0 Å².